The standard InChI is InChI=1S/C36H32FNO4/c1-38(26-35(39)40)25-24-36(31-16-18-32(37)19-17-31,41-33-20-12-29(13-21-33)27-8-4-2-5-9-27)42-34-22-14-30(15-23-34)28-10-6-3-7-11-28/h2-23H,24-26H2,1H3,(H,39,40). The number of aliphatic carboxylic acids is 1. The van der Waals surface area contributed by atoms with Gasteiger partial charge in [-0.3, -0.25) is 9.69 Å². The Hall–Kier alpha value is -4.94. The van der Waals surface area contributed by atoms with Crippen molar-refractivity contribution in [1.29, 1.82) is 0 Å². The lowest BCUT2D eigenvalue weighted by Gasteiger charge is -2.36. The highest BCUT2D eigenvalue weighted by atomic mass is 19.1. The van der Waals surface area contributed by atoms with Crippen LogP contribution in [0.25, 0.3) is 22.3 Å². The number of carboxylic acids is 1. The summed E-state index contributed by atoms with van der Waals surface area (Å²) in [5.74, 6) is -1.58. The molecule has 212 valence electrons. The summed E-state index contributed by atoms with van der Waals surface area (Å²) < 4.78 is 27.4. The number of carbonyl (C=O) groups is 1. The van der Waals surface area contributed by atoms with Crippen molar-refractivity contribution in [3.05, 3.63) is 145 Å². The lowest BCUT2D eigenvalue weighted by atomic mass is 10.0. The maximum absolute atomic E-state index is 14.0. The van der Waals surface area contributed by atoms with Crippen LogP contribution in [0, 0.1) is 5.82 Å². The summed E-state index contributed by atoms with van der Waals surface area (Å²) in [6.07, 6.45) is 0.267. The molecule has 0 radical (unpaired) electrons. The second-order valence-electron chi connectivity index (χ2n) is 10.1. The first-order valence-electron chi connectivity index (χ1n) is 13.8. The molecule has 0 aliphatic rings. The summed E-state index contributed by atoms with van der Waals surface area (Å²) in [6, 6.07) is 41.5. The number of nitrogens with zero attached hydrogens (tertiary/aromatic N) is 1. The zero-order chi connectivity index (χ0) is 29.4. The van der Waals surface area contributed by atoms with Gasteiger partial charge in [0.15, 0.2) is 0 Å². The first-order valence-corrected chi connectivity index (χ1v) is 13.8. The molecule has 0 saturated heterocycles. The first kappa shape index (κ1) is 28.6. The summed E-state index contributed by atoms with van der Waals surface area (Å²) in [4.78, 5) is 13.1. The molecule has 0 heterocycles. The molecule has 0 bridgehead atoms. The topological polar surface area (TPSA) is 59.0 Å². The fraction of sp³-hybridized carbons (Fsp3) is 0.139. The van der Waals surface area contributed by atoms with Crippen LogP contribution in [-0.2, 0) is 10.6 Å². The van der Waals surface area contributed by atoms with E-state index in [0.717, 1.165) is 22.3 Å². The lowest BCUT2D eigenvalue weighted by molar-refractivity contribution is -0.141. The third kappa shape index (κ3) is 7.22. The highest BCUT2D eigenvalue weighted by Crippen LogP contribution is 2.36. The van der Waals surface area contributed by atoms with Gasteiger partial charge in [-0.2, -0.15) is 0 Å². The van der Waals surface area contributed by atoms with Crippen LogP contribution in [0.1, 0.15) is 12.0 Å². The van der Waals surface area contributed by atoms with E-state index < -0.39 is 11.8 Å². The zero-order valence-electron chi connectivity index (χ0n) is 23.3. The summed E-state index contributed by atoms with van der Waals surface area (Å²) in [7, 11) is 1.73. The van der Waals surface area contributed by atoms with E-state index in [1.165, 1.54) is 12.1 Å². The minimum atomic E-state index is -1.39. The van der Waals surface area contributed by atoms with Gasteiger partial charge in [-0.25, -0.2) is 4.39 Å². The summed E-state index contributed by atoms with van der Waals surface area (Å²) in [5.41, 5.74) is 4.84. The highest BCUT2D eigenvalue weighted by molar-refractivity contribution is 5.69. The molecule has 0 fully saturated rings. The molecule has 5 aromatic carbocycles. The Morgan fingerprint density at radius 1 is 0.667 bits per heavy atom. The molecule has 0 amide bonds. The molecule has 5 rings (SSSR count). The molecule has 5 nitrogen and oxygen atoms in total. The van der Waals surface area contributed by atoms with Gasteiger partial charge in [-0.1, -0.05) is 84.9 Å². The Bertz CT molecular complexity index is 1490. The van der Waals surface area contributed by atoms with Crippen molar-refractivity contribution in [3.63, 3.8) is 0 Å². The Morgan fingerprint density at radius 3 is 1.52 bits per heavy atom. The van der Waals surface area contributed by atoms with E-state index in [9.17, 15) is 14.3 Å². The first-order chi connectivity index (χ1) is 20.4. The number of carboxylic acid groups (broad SMARTS) is 1. The van der Waals surface area contributed by atoms with Crippen molar-refractivity contribution >= 4 is 5.97 Å². The number of hydrogen-bond donors (Lipinski definition) is 1. The predicted octanol–water partition coefficient (Wildman–Crippen LogP) is 7.88. The Kier molecular flexibility index (Phi) is 8.95. The second kappa shape index (κ2) is 13.1. The Balaban J connectivity index is 1.51. The fourth-order valence-electron chi connectivity index (χ4n) is 4.81. The molecule has 5 aromatic rings. The van der Waals surface area contributed by atoms with Gasteiger partial charge < -0.3 is 14.6 Å². The fourth-order valence-corrected chi connectivity index (χ4v) is 4.81. The van der Waals surface area contributed by atoms with Gasteiger partial charge in [0.1, 0.15) is 17.3 Å². The Morgan fingerprint density at radius 2 is 1.10 bits per heavy atom. The van der Waals surface area contributed by atoms with Crippen LogP contribution in [0.2, 0.25) is 0 Å². The third-order valence-electron chi connectivity index (χ3n) is 7.00. The van der Waals surface area contributed by atoms with Crippen LogP contribution in [0.3, 0.4) is 0 Å². The van der Waals surface area contributed by atoms with E-state index in [1.54, 1.807) is 24.1 Å². The van der Waals surface area contributed by atoms with Gasteiger partial charge >= 0.3 is 5.97 Å². The van der Waals surface area contributed by atoms with Crippen LogP contribution in [0.15, 0.2) is 133 Å². The van der Waals surface area contributed by atoms with E-state index in [0.29, 0.717) is 23.6 Å². The zero-order valence-corrected chi connectivity index (χ0v) is 23.3. The van der Waals surface area contributed by atoms with Gasteiger partial charge in [0.25, 0.3) is 5.79 Å². The number of rotatable bonds is 12. The van der Waals surface area contributed by atoms with Crippen molar-refractivity contribution in [2.75, 3.05) is 20.1 Å². The molecule has 0 spiro atoms. The number of ether oxygens (including phenoxy) is 2. The van der Waals surface area contributed by atoms with Crippen molar-refractivity contribution in [2.45, 2.75) is 12.2 Å². The average Bonchev–Trinajstić information content (AvgIpc) is 3.01. The molecule has 1 N–H and O–H groups in total. The van der Waals surface area contributed by atoms with Gasteiger partial charge in [0, 0.05) is 18.5 Å². The SMILES string of the molecule is CN(CCC(Oc1ccc(-c2ccccc2)cc1)(Oc1ccc(-c2ccccc2)cc1)c1ccc(F)cc1)CC(=O)O. The van der Waals surface area contributed by atoms with Crippen molar-refractivity contribution in [2.24, 2.45) is 0 Å². The molecule has 6 heteroatoms. The smallest absolute Gasteiger partial charge is 0.317 e. The average molecular weight is 562 g/mol. The number of benzene rings is 5. The third-order valence-corrected chi connectivity index (χ3v) is 7.00. The van der Waals surface area contributed by atoms with E-state index in [4.69, 9.17) is 9.47 Å². The van der Waals surface area contributed by atoms with E-state index in [2.05, 4.69) is 0 Å². The Labute approximate surface area is 245 Å². The van der Waals surface area contributed by atoms with Crippen molar-refractivity contribution in [1.82, 2.24) is 4.90 Å². The van der Waals surface area contributed by atoms with Crippen LogP contribution >= 0.6 is 0 Å². The summed E-state index contributed by atoms with van der Waals surface area (Å²) in [6.45, 7) is 0.199. The molecule has 0 unspecified atom stereocenters. The minimum absolute atomic E-state index is 0.142. The normalized spacial score (nSPS) is 11.3. The quantitative estimate of drug-likeness (QED) is 0.157. The van der Waals surface area contributed by atoms with Crippen LogP contribution in [0.5, 0.6) is 11.5 Å². The van der Waals surface area contributed by atoms with Crippen molar-refractivity contribution in [3.8, 4) is 33.8 Å². The molecular weight excluding hydrogens is 529 g/mol. The summed E-state index contributed by atoms with van der Waals surface area (Å²) in [5, 5.41) is 9.33. The molecule has 0 aromatic heterocycles. The largest absolute Gasteiger partial charge is 0.480 e. The monoisotopic (exact) mass is 561 g/mol. The molecule has 0 aliphatic heterocycles. The molecule has 42 heavy (non-hydrogen) atoms. The predicted molar refractivity (Wildman–Crippen MR) is 163 cm³/mol. The second-order valence-corrected chi connectivity index (χ2v) is 10.1. The molecule has 0 atom stereocenters. The maximum Gasteiger partial charge on any atom is 0.317 e. The van der Waals surface area contributed by atoms with Gasteiger partial charge in [-0.05, 0) is 77.8 Å². The minimum Gasteiger partial charge on any atom is -0.480 e. The highest BCUT2D eigenvalue weighted by Gasteiger charge is 2.38. The van der Waals surface area contributed by atoms with E-state index in [-0.39, 0.29) is 18.8 Å². The van der Waals surface area contributed by atoms with Crippen LogP contribution < -0.4 is 9.47 Å². The van der Waals surface area contributed by atoms with Gasteiger partial charge in [0.05, 0.1) is 6.54 Å². The van der Waals surface area contributed by atoms with Gasteiger partial charge in [0.2, 0.25) is 0 Å². The number of hydrogen-bond acceptors (Lipinski definition) is 4. The van der Waals surface area contributed by atoms with Crippen LogP contribution in [0.4, 0.5) is 4.39 Å². The molecule has 0 saturated carbocycles. The molecule has 0 aliphatic carbocycles. The van der Waals surface area contributed by atoms with Crippen LogP contribution in [-0.4, -0.2) is 36.1 Å². The number of likely N-dealkylation sites (N-methyl/N-ethyl adjacent to an activating group) is 1. The lowest BCUT2D eigenvalue weighted by Crippen LogP contribution is -2.43. The van der Waals surface area contributed by atoms with Crippen molar-refractivity contribution < 1.29 is 23.8 Å². The van der Waals surface area contributed by atoms with E-state index >= 15 is 0 Å². The maximum atomic E-state index is 14.0. The molecular formula is C36H32FNO4. The van der Waals surface area contributed by atoms with E-state index in [1.807, 2.05) is 109 Å². The van der Waals surface area contributed by atoms with Gasteiger partial charge in [-0.15, -0.1) is 0 Å². The number of halogens is 1. The summed E-state index contributed by atoms with van der Waals surface area (Å²) >= 11 is 0.